The van der Waals surface area contributed by atoms with Crippen LogP contribution in [0, 0.1) is 6.92 Å². The van der Waals surface area contributed by atoms with E-state index in [2.05, 4.69) is 17.2 Å². The van der Waals surface area contributed by atoms with Crippen molar-refractivity contribution in [2.45, 2.75) is 13.0 Å². The van der Waals surface area contributed by atoms with Crippen molar-refractivity contribution < 1.29 is 9.90 Å². The molecule has 2 N–H and O–H groups in total. The largest absolute Gasteiger partial charge is 0.394 e. The van der Waals surface area contributed by atoms with Crippen molar-refractivity contribution in [1.82, 2.24) is 10.3 Å². The fraction of sp³-hybridized carbons (Fsp3) is 0.300. The SMILES string of the molecule is [CH2]c1ccc(C(=O)NC(C)CO)cn1. The van der Waals surface area contributed by atoms with Gasteiger partial charge in [-0.05, 0) is 26.0 Å². The number of nitrogens with zero attached hydrogens (tertiary/aromatic N) is 1. The van der Waals surface area contributed by atoms with Gasteiger partial charge in [-0.1, -0.05) is 0 Å². The Morgan fingerprint density at radius 1 is 1.71 bits per heavy atom. The number of aliphatic hydroxyl groups is 1. The molecule has 1 amide bonds. The maximum absolute atomic E-state index is 11.4. The Morgan fingerprint density at radius 3 is 2.93 bits per heavy atom. The third-order valence-electron chi connectivity index (χ3n) is 1.74. The molecule has 1 rings (SSSR count). The number of rotatable bonds is 3. The third kappa shape index (κ3) is 2.81. The molecule has 0 fully saturated rings. The summed E-state index contributed by atoms with van der Waals surface area (Å²) < 4.78 is 0. The summed E-state index contributed by atoms with van der Waals surface area (Å²) in [5.41, 5.74) is 1.09. The van der Waals surface area contributed by atoms with Gasteiger partial charge in [-0.2, -0.15) is 0 Å². The fourth-order valence-corrected chi connectivity index (χ4v) is 0.912. The van der Waals surface area contributed by atoms with E-state index >= 15 is 0 Å². The van der Waals surface area contributed by atoms with Crippen LogP contribution < -0.4 is 5.32 Å². The van der Waals surface area contributed by atoms with E-state index in [0.717, 1.165) is 0 Å². The molecule has 0 saturated carbocycles. The maximum atomic E-state index is 11.4. The van der Waals surface area contributed by atoms with E-state index in [1.807, 2.05) is 0 Å². The number of carbonyl (C=O) groups is 1. The zero-order valence-corrected chi connectivity index (χ0v) is 8.03. The Bertz CT molecular complexity index is 308. The van der Waals surface area contributed by atoms with Gasteiger partial charge in [-0.3, -0.25) is 9.78 Å². The van der Waals surface area contributed by atoms with Gasteiger partial charge in [-0.25, -0.2) is 0 Å². The first-order valence-electron chi connectivity index (χ1n) is 4.33. The Kier molecular flexibility index (Phi) is 3.59. The van der Waals surface area contributed by atoms with Crippen LogP contribution in [-0.2, 0) is 0 Å². The second-order valence-electron chi connectivity index (χ2n) is 3.10. The summed E-state index contributed by atoms with van der Waals surface area (Å²) >= 11 is 0. The van der Waals surface area contributed by atoms with Crippen LogP contribution in [0.5, 0.6) is 0 Å². The molecule has 1 aromatic rings. The van der Waals surface area contributed by atoms with Crippen LogP contribution >= 0.6 is 0 Å². The standard InChI is InChI=1S/C10H13N2O2/c1-7-3-4-9(5-11-7)10(14)12-8(2)6-13/h3-5,8,13H,1,6H2,2H3,(H,12,14). The summed E-state index contributed by atoms with van der Waals surface area (Å²) in [4.78, 5) is 15.3. The van der Waals surface area contributed by atoms with Gasteiger partial charge in [0.15, 0.2) is 0 Å². The molecule has 1 atom stereocenters. The Morgan fingerprint density at radius 2 is 2.43 bits per heavy atom. The monoisotopic (exact) mass is 193 g/mol. The number of hydrogen-bond donors (Lipinski definition) is 2. The van der Waals surface area contributed by atoms with Crippen LogP contribution in [0.4, 0.5) is 0 Å². The number of amides is 1. The van der Waals surface area contributed by atoms with E-state index in [-0.39, 0.29) is 18.6 Å². The lowest BCUT2D eigenvalue weighted by Crippen LogP contribution is -2.35. The lowest BCUT2D eigenvalue weighted by Gasteiger charge is -2.10. The minimum absolute atomic E-state index is 0.0768. The van der Waals surface area contributed by atoms with Crippen molar-refractivity contribution in [2.24, 2.45) is 0 Å². The Labute approximate surface area is 83.0 Å². The molecule has 1 unspecified atom stereocenters. The first-order valence-corrected chi connectivity index (χ1v) is 4.33. The Balaban J connectivity index is 2.65. The normalized spacial score (nSPS) is 12.2. The molecule has 14 heavy (non-hydrogen) atoms. The molecule has 4 heteroatoms. The first kappa shape index (κ1) is 10.7. The topological polar surface area (TPSA) is 62.2 Å². The van der Waals surface area contributed by atoms with Crippen LogP contribution in [0.15, 0.2) is 18.3 Å². The van der Waals surface area contributed by atoms with Crippen molar-refractivity contribution in [3.8, 4) is 0 Å². The highest BCUT2D eigenvalue weighted by Gasteiger charge is 2.08. The van der Waals surface area contributed by atoms with E-state index in [9.17, 15) is 4.79 Å². The molecule has 0 aromatic carbocycles. The van der Waals surface area contributed by atoms with Crippen LogP contribution in [0.25, 0.3) is 0 Å². The molecule has 1 radical (unpaired) electrons. The number of aromatic nitrogens is 1. The summed E-state index contributed by atoms with van der Waals surface area (Å²) in [7, 11) is 0. The van der Waals surface area contributed by atoms with Crippen molar-refractivity contribution in [3.05, 3.63) is 36.5 Å². The van der Waals surface area contributed by atoms with E-state index in [4.69, 9.17) is 5.11 Å². The van der Waals surface area contributed by atoms with Gasteiger partial charge in [0.1, 0.15) is 0 Å². The van der Waals surface area contributed by atoms with Gasteiger partial charge in [0.05, 0.1) is 12.2 Å². The van der Waals surface area contributed by atoms with Crippen molar-refractivity contribution in [1.29, 1.82) is 0 Å². The molecular weight excluding hydrogens is 180 g/mol. The quantitative estimate of drug-likeness (QED) is 0.729. The van der Waals surface area contributed by atoms with Crippen LogP contribution in [0.3, 0.4) is 0 Å². The number of aliphatic hydroxyl groups excluding tert-OH is 1. The number of nitrogens with one attached hydrogen (secondary N) is 1. The molecule has 1 aromatic heterocycles. The van der Waals surface area contributed by atoms with Crippen LogP contribution in [0.1, 0.15) is 23.0 Å². The summed E-state index contributed by atoms with van der Waals surface area (Å²) in [6, 6.07) is 3.06. The molecule has 0 saturated heterocycles. The lowest BCUT2D eigenvalue weighted by molar-refractivity contribution is 0.0922. The van der Waals surface area contributed by atoms with Gasteiger partial charge < -0.3 is 10.4 Å². The highest BCUT2D eigenvalue weighted by molar-refractivity contribution is 5.94. The summed E-state index contributed by atoms with van der Waals surface area (Å²) in [6.45, 7) is 5.26. The first-order chi connectivity index (χ1) is 6.63. The van der Waals surface area contributed by atoms with E-state index in [1.54, 1.807) is 19.1 Å². The Hall–Kier alpha value is -1.42. The molecule has 1 heterocycles. The summed E-state index contributed by atoms with van der Waals surface area (Å²) in [5, 5.41) is 11.4. The molecular formula is C10H13N2O2. The van der Waals surface area contributed by atoms with Crippen molar-refractivity contribution in [3.63, 3.8) is 0 Å². The molecule has 0 aliphatic carbocycles. The van der Waals surface area contributed by atoms with Gasteiger partial charge in [0.2, 0.25) is 0 Å². The minimum atomic E-state index is -0.248. The van der Waals surface area contributed by atoms with Gasteiger partial charge in [0.25, 0.3) is 5.91 Å². The van der Waals surface area contributed by atoms with E-state index < -0.39 is 0 Å². The minimum Gasteiger partial charge on any atom is -0.394 e. The zero-order chi connectivity index (χ0) is 10.6. The predicted molar refractivity (Wildman–Crippen MR) is 52.7 cm³/mol. The molecule has 0 aliphatic rings. The van der Waals surface area contributed by atoms with Gasteiger partial charge in [0, 0.05) is 17.9 Å². The molecule has 75 valence electrons. The molecule has 4 nitrogen and oxygen atoms in total. The van der Waals surface area contributed by atoms with Gasteiger partial charge in [-0.15, -0.1) is 0 Å². The average molecular weight is 193 g/mol. The van der Waals surface area contributed by atoms with E-state index in [1.165, 1.54) is 6.20 Å². The zero-order valence-electron chi connectivity index (χ0n) is 8.03. The highest BCUT2D eigenvalue weighted by atomic mass is 16.3. The van der Waals surface area contributed by atoms with Crippen molar-refractivity contribution >= 4 is 5.91 Å². The fourth-order valence-electron chi connectivity index (χ4n) is 0.912. The third-order valence-corrected chi connectivity index (χ3v) is 1.74. The molecule has 0 spiro atoms. The van der Waals surface area contributed by atoms with Crippen LogP contribution in [0.2, 0.25) is 0 Å². The van der Waals surface area contributed by atoms with Crippen molar-refractivity contribution in [2.75, 3.05) is 6.61 Å². The second kappa shape index (κ2) is 4.72. The maximum Gasteiger partial charge on any atom is 0.253 e. The average Bonchev–Trinajstić information content (AvgIpc) is 2.18. The number of pyridine rings is 1. The van der Waals surface area contributed by atoms with Crippen LogP contribution in [-0.4, -0.2) is 28.6 Å². The number of carbonyl (C=O) groups excluding carboxylic acids is 1. The second-order valence-corrected chi connectivity index (χ2v) is 3.10. The lowest BCUT2D eigenvalue weighted by atomic mass is 10.2. The summed E-state index contributed by atoms with van der Waals surface area (Å²) in [6.07, 6.45) is 1.46. The smallest absolute Gasteiger partial charge is 0.253 e. The molecule has 0 bridgehead atoms. The summed E-state index contributed by atoms with van der Waals surface area (Å²) in [5.74, 6) is -0.237. The number of hydrogen-bond acceptors (Lipinski definition) is 3. The predicted octanol–water partition coefficient (Wildman–Crippen LogP) is 0.374. The van der Waals surface area contributed by atoms with E-state index in [0.29, 0.717) is 11.3 Å². The molecule has 0 aliphatic heterocycles. The van der Waals surface area contributed by atoms with Gasteiger partial charge >= 0.3 is 0 Å². The highest BCUT2D eigenvalue weighted by Crippen LogP contribution is 1.99.